The van der Waals surface area contributed by atoms with Gasteiger partial charge in [-0.2, -0.15) is 0 Å². The number of thiocarbonyl (C=S) groups is 1. The number of aryl methyl sites for hydroxylation is 1. The fraction of sp³-hybridized carbons (Fsp3) is 0.0938. The number of benzene rings is 3. The summed E-state index contributed by atoms with van der Waals surface area (Å²) in [5.41, 5.74) is 3.38. The summed E-state index contributed by atoms with van der Waals surface area (Å²) in [7, 11) is 0. The zero-order valence-corrected chi connectivity index (χ0v) is 22.3. The zero-order chi connectivity index (χ0) is 27.6. The van der Waals surface area contributed by atoms with Gasteiger partial charge in [0.15, 0.2) is 5.11 Å². The summed E-state index contributed by atoms with van der Waals surface area (Å²) in [4.78, 5) is 18.4. The summed E-state index contributed by atoms with van der Waals surface area (Å²) in [5.74, 6) is 1.58. The Hall–Kier alpha value is -4.95. The number of carbonyl (C=O) groups is 1. The number of pyridine rings is 1. The summed E-state index contributed by atoms with van der Waals surface area (Å²) in [5, 5.41) is 13.6. The quantitative estimate of drug-likeness (QED) is 0.205. The molecule has 2 aromatic heterocycles. The lowest BCUT2D eigenvalue weighted by Gasteiger charge is -2.26. The molecule has 2 N–H and O–H groups in total. The minimum Gasteiger partial charge on any atom is -0.478 e. The molecule has 2 atom stereocenters. The van der Waals surface area contributed by atoms with Gasteiger partial charge in [-0.3, -0.25) is 4.98 Å². The van der Waals surface area contributed by atoms with Crippen LogP contribution in [0, 0.1) is 6.92 Å². The Labute approximate surface area is 236 Å². The van der Waals surface area contributed by atoms with Crippen LogP contribution in [0.2, 0.25) is 0 Å². The highest BCUT2D eigenvalue weighted by Crippen LogP contribution is 2.43. The Kier molecular flexibility index (Phi) is 6.76. The van der Waals surface area contributed by atoms with Gasteiger partial charge in [-0.05, 0) is 85.4 Å². The van der Waals surface area contributed by atoms with Crippen molar-refractivity contribution < 1.29 is 19.1 Å². The van der Waals surface area contributed by atoms with Gasteiger partial charge in [0.25, 0.3) is 0 Å². The van der Waals surface area contributed by atoms with Crippen molar-refractivity contribution in [3.05, 3.63) is 132 Å². The van der Waals surface area contributed by atoms with Crippen molar-refractivity contribution in [2.75, 3.05) is 4.90 Å². The fourth-order valence-electron chi connectivity index (χ4n) is 4.94. The SMILES string of the molecule is Cc1ccccc1Oc1ccc(N2C(=S)NC(c3ccccn3)C2c2ccc(-c3ccccc3C(=O)O)o2)cc1. The van der Waals surface area contributed by atoms with Gasteiger partial charge in [0.2, 0.25) is 0 Å². The zero-order valence-electron chi connectivity index (χ0n) is 21.5. The van der Waals surface area contributed by atoms with Crippen molar-refractivity contribution in [1.82, 2.24) is 10.3 Å². The molecule has 7 nitrogen and oxygen atoms in total. The van der Waals surface area contributed by atoms with Gasteiger partial charge >= 0.3 is 5.97 Å². The standard InChI is InChI=1S/C32H25N3O4S/c1-20-8-2-5-12-26(20)38-22-15-13-21(14-16-22)35-30(29(34-32(35)40)25-11-6-7-19-33-25)28-18-17-27(39-28)23-9-3-4-10-24(23)31(36)37/h2-19,29-30H,1H3,(H,34,40)(H,36,37). The second-order valence-electron chi connectivity index (χ2n) is 9.41. The van der Waals surface area contributed by atoms with Gasteiger partial charge < -0.3 is 24.5 Å². The van der Waals surface area contributed by atoms with Crippen LogP contribution in [0.15, 0.2) is 114 Å². The molecule has 0 spiro atoms. The minimum atomic E-state index is -1.02. The van der Waals surface area contributed by atoms with Crippen molar-refractivity contribution in [2.24, 2.45) is 0 Å². The van der Waals surface area contributed by atoms with Crippen molar-refractivity contribution >= 4 is 29.0 Å². The molecule has 0 amide bonds. The third-order valence-electron chi connectivity index (χ3n) is 6.88. The molecule has 5 aromatic rings. The van der Waals surface area contributed by atoms with E-state index >= 15 is 0 Å². The molecule has 8 heteroatoms. The number of rotatable bonds is 7. The van der Waals surface area contributed by atoms with Crippen LogP contribution in [0.1, 0.15) is 39.5 Å². The molecule has 1 fully saturated rings. The maximum Gasteiger partial charge on any atom is 0.336 e. The first kappa shape index (κ1) is 25.3. The van der Waals surface area contributed by atoms with Gasteiger partial charge in [-0.1, -0.05) is 42.5 Å². The van der Waals surface area contributed by atoms with Crippen LogP contribution in [0.5, 0.6) is 11.5 Å². The third kappa shape index (κ3) is 4.81. The summed E-state index contributed by atoms with van der Waals surface area (Å²) >= 11 is 5.82. The number of para-hydroxylation sites is 1. The van der Waals surface area contributed by atoms with Crippen LogP contribution in [0.4, 0.5) is 5.69 Å². The monoisotopic (exact) mass is 547 g/mol. The van der Waals surface area contributed by atoms with Gasteiger partial charge in [0.05, 0.1) is 17.3 Å². The van der Waals surface area contributed by atoms with E-state index in [1.807, 2.05) is 84.6 Å². The molecular weight excluding hydrogens is 522 g/mol. The number of hydrogen-bond donors (Lipinski definition) is 2. The normalized spacial score (nSPS) is 16.5. The second kappa shape index (κ2) is 10.7. The first-order valence-corrected chi connectivity index (χ1v) is 13.2. The third-order valence-corrected chi connectivity index (χ3v) is 7.19. The number of carboxylic acids is 1. The molecule has 0 aliphatic carbocycles. The molecule has 1 aliphatic rings. The van der Waals surface area contributed by atoms with Crippen LogP contribution >= 0.6 is 12.2 Å². The summed E-state index contributed by atoms with van der Waals surface area (Å²) in [6.07, 6.45) is 1.74. The van der Waals surface area contributed by atoms with Crippen molar-refractivity contribution in [1.29, 1.82) is 0 Å². The van der Waals surface area contributed by atoms with Crippen molar-refractivity contribution in [3.63, 3.8) is 0 Å². The van der Waals surface area contributed by atoms with E-state index < -0.39 is 5.97 Å². The average molecular weight is 548 g/mol. The topological polar surface area (TPSA) is 87.8 Å². The number of aromatic carboxylic acids is 1. The van der Waals surface area contributed by atoms with Gasteiger partial charge in [-0.25, -0.2) is 4.79 Å². The molecule has 2 unspecified atom stereocenters. The Morgan fingerprint density at radius 1 is 0.950 bits per heavy atom. The maximum atomic E-state index is 11.8. The van der Waals surface area contributed by atoms with Crippen LogP contribution < -0.4 is 15.0 Å². The predicted molar refractivity (Wildman–Crippen MR) is 157 cm³/mol. The maximum absolute atomic E-state index is 11.8. The lowest BCUT2D eigenvalue weighted by atomic mass is 10.0. The summed E-state index contributed by atoms with van der Waals surface area (Å²) < 4.78 is 12.4. The van der Waals surface area contributed by atoms with E-state index in [0.29, 0.717) is 27.9 Å². The van der Waals surface area contributed by atoms with Gasteiger partial charge in [0.1, 0.15) is 29.1 Å². The number of ether oxygens (including phenoxy) is 1. The summed E-state index contributed by atoms with van der Waals surface area (Å²) in [6, 6.07) is 31.1. The number of hydrogen-bond acceptors (Lipinski definition) is 5. The Bertz CT molecular complexity index is 1680. The molecular formula is C32H25N3O4S. The van der Waals surface area contributed by atoms with Crippen molar-refractivity contribution in [2.45, 2.75) is 19.0 Å². The highest BCUT2D eigenvalue weighted by atomic mass is 32.1. The average Bonchev–Trinajstić information content (AvgIpc) is 3.60. The van der Waals surface area contributed by atoms with E-state index in [1.165, 1.54) is 0 Å². The molecule has 3 heterocycles. The van der Waals surface area contributed by atoms with Crippen LogP contribution in [-0.4, -0.2) is 21.2 Å². The summed E-state index contributed by atoms with van der Waals surface area (Å²) in [6.45, 7) is 2.01. The van der Waals surface area contributed by atoms with Crippen LogP contribution in [0.25, 0.3) is 11.3 Å². The smallest absolute Gasteiger partial charge is 0.336 e. The Morgan fingerprint density at radius 2 is 1.70 bits per heavy atom. The molecule has 0 bridgehead atoms. The molecule has 3 aromatic carbocycles. The Balaban J connectivity index is 1.37. The number of aromatic nitrogens is 1. The van der Waals surface area contributed by atoms with E-state index in [2.05, 4.69) is 10.3 Å². The highest BCUT2D eigenvalue weighted by Gasteiger charge is 2.42. The lowest BCUT2D eigenvalue weighted by Crippen LogP contribution is -2.29. The van der Waals surface area contributed by atoms with E-state index in [-0.39, 0.29) is 17.6 Å². The molecule has 40 heavy (non-hydrogen) atoms. The van der Waals surface area contributed by atoms with E-state index in [1.54, 1.807) is 36.5 Å². The number of nitrogens with zero attached hydrogens (tertiary/aromatic N) is 2. The van der Waals surface area contributed by atoms with Gasteiger partial charge in [0, 0.05) is 17.4 Å². The molecule has 1 saturated heterocycles. The number of carboxylic acid groups (broad SMARTS) is 1. The van der Waals surface area contributed by atoms with E-state index in [9.17, 15) is 9.90 Å². The van der Waals surface area contributed by atoms with Gasteiger partial charge in [-0.15, -0.1) is 0 Å². The second-order valence-corrected chi connectivity index (χ2v) is 9.80. The lowest BCUT2D eigenvalue weighted by molar-refractivity contribution is 0.0697. The van der Waals surface area contributed by atoms with E-state index in [0.717, 1.165) is 22.7 Å². The molecule has 0 saturated carbocycles. The van der Waals surface area contributed by atoms with E-state index in [4.69, 9.17) is 21.4 Å². The molecule has 0 radical (unpaired) electrons. The largest absolute Gasteiger partial charge is 0.478 e. The van der Waals surface area contributed by atoms with Crippen LogP contribution in [-0.2, 0) is 0 Å². The number of furan rings is 1. The fourth-order valence-corrected chi connectivity index (χ4v) is 5.28. The first-order chi connectivity index (χ1) is 19.5. The molecule has 1 aliphatic heterocycles. The molecule has 198 valence electrons. The minimum absolute atomic E-state index is 0.172. The molecule has 6 rings (SSSR count). The predicted octanol–water partition coefficient (Wildman–Crippen LogP) is 7.32. The number of nitrogens with one attached hydrogen (secondary N) is 1. The first-order valence-electron chi connectivity index (χ1n) is 12.8. The highest BCUT2D eigenvalue weighted by molar-refractivity contribution is 7.80. The van der Waals surface area contributed by atoms with Crippen molar-refractivity contribution in [3.8, 4) is 22.8 Å². The van der Waals surface area contributed by atoms with Crippen LogP contribution in [0.3, 0.4) is 0 Å². The number of anilines is 1. The Morgan fingerprint density at radius 3 is 2.45 bits per heavy atom.